The zero-order valence-electron chi connectivity index (χ0n) is 34.0. The summed E-state index contributed by atoms with van der Waals surface area (Å²) >= 11 is 0. The third kappa shape index (κ3) is 9.40. The Balaban J connectivity index is 1.43. The number of rotatable bonds is 6. The van der Waals surface area contributed by atoms with Crippen molar-refractivity contribution in [2.45, 2.75) is 83.1 Å². The molecule has 0 bridgehead atoms. The van der Waals surface area contributed by atoms with Crippen molar-refractivity contribution in [3.63, 3.8) is 0 Å². The van der Waals surface area contributed by atoms with E-state index in [9.17, 15) is 9.59 Å². The maximum atomic E-state index is 13.3. The van der Waals surface area contributed by atoms with E-state index in [1.54, 1.807) is 12.4 Å². The molecule has 6 heteroatoms. The van der Waals surface area contributed by atoms with E-state index in [1.165, 1.54) is 0 Å². The first-order valence-corrected chi connectivity index (χ1v) is 18.6. The number of azo groups is 2. The zero-order chi connectivity index (χ0) is 39.6. The molecule has 5 rings (SSSR count). The summed E-state index contributed by atoms with van der Waals surface area (Å²) in [6.07, 6.45) is 11.2. The number of Topliss-reactive ketones (excluding diaryl/α,β-unsaturated/α-hetero) is 2. The molecule has 0 aromatic heterocycles. The Labute approximate surface area is 322 Å². The lowest BCUT2D eigenvalue weighted by Crippen LogP contribution is -2.27. The summed E-state index contributed by atoms with van der Waals surface area (Å²) in [5.74, 6) is 0.193. The number of nitrogens with zero attached hydrogens (tertiary/aromatic N) is 4. The van der Waals surface area contributed by atoms with Crippen molar-refractivity contribution in [2.75, 3.05) is 0 Å². The summed E-state index contributed by atoms with van der Waals surface area (Å²) in [5.41, 5.74) is 9.28. The summed E-state index contributed by atoms with van der Waals surface area (Å²) in [6.45, 7) is 24.7. The van der Waals surface area contributed by atoms with Crippen molar-refractivity contribution in [3.8, 4) is 22.3 Å². The highest BCUT2D eigenvalue weighted by Gasteiger charge is 2.35. The number of ketones is 2. The molecule has 0 amide bonds. The van der Waals surface area contributed by atoms with E-state index in [2.05, 4.69) is 128 Å². The van der Waals surface area contributed by atoms with Gasteiger partial charge in [-0.05, 0) is 104 Å². The van der Waals surface area contributed by atoms with Crippen molar-refractivity contribution < 1.29 is 9.59 Å². The van der Waals surface area contributed by atoms with Crippen LogP contribution in [0.15, 0.2) is 163 Å². The molecule has 0 radical (unpaired) electrons. The lowest BCUT2D eigenvalue weighted by molar-refractivity contribution is -0.114. The number of carbonyl (C=O) groups is 2. The van der Waals surface area contributed by atoms with Gasteiger partial charge < -0.3 is 0 Å². The zero-order valence-corrected chi connectivity index (χ0v) is 34.0. The van der Waals surface area contributed by atoms with Gasteiger partial charge in [0.1, 0.15) is 0 Å². The SMILES string of the molecule is CC(C)(C)C1=CC(=CN=Nc2ccc(-c3ccc(N=NC=C4C=C(C(C)(C)C)C(=O)C(C(C)(C)C)=C4)cc3-c3ccccc3)cc2)C=C(C(C)(C)C)C1=O. The van der Waals surface area contributed by atoms with Gasteiger partial charge in [-0.2, -0.15) is 20.5 Å². The molecule has 0 fully saturated rings. The first-order chi connectivity index (χ1) is 25.1. The molecule has 2 aliphatic rings. The quantitative estimate of drug-likeness (QED) is 0.238. The molecule has 6 nitrogen and oxygen atoms in total. The molecule has 0 atom stereocenters. The predicted molar refractivity (Wildman–Crippen MR) is 223 cm³/mol. The van der Waals surface area contributed by atoms with Crippen LogP contribution in [0.2, 0.25) is 0 Å². The first kappa shape index (κ1) is 39.8. The normalized spacial score (nSPS) is 16.1. The van der Waals surface area contributed by atoms with Gasteiger partial charge in [-0.1, -0.05) is 132 Å². The van der Waals surface area contributed by atoms with E-state index < -0.39 is 0 Å². The number of hydrogen-bond acceptors (Lipinski definition) is 6. The highest BCUT2D eigenvalue weighted by atomic mass is 16.1. The van der Waals surface area contributed by atoms with Crippen molar-refractivity contribution >= 4 is 22.9 Å². The van der Waals surface area contributed by atoms with E-state index in [0.29, 0.717) is 0 Å². The van der Waals surface area contributed by atoms with Crippen LogP contribution < -0.4 is 0 Å². The molecule has 3 aromatic rings. The molecular formula is C48H54N4O2. The van der Waals surface area contributed by atoms with Crippen molar-refractivity contribution in [1.82, 2.24) is 0 Å². The third-order valence-corrected chi connectivity index (χ3v) is 9.48. The molecular weight excluding hydrogens is 665 g/mol. The number of hydrogen-bond donors (Lipinski definition) is 0. The van der Waals surface area contributed by atoms with E-state index >= 15 is 0 Å². The van der Waals surface area contributed by atoms with Gasteiger partial charge in [-0.25, -0.2) is 0 Å². The summed E-state index contributed by atoms with van der Waals surface area (Å²) in [7, 11) is 0. The standard InChI is InChI=1S/C48H54N4O2/c1-45(2,3)39-24-31(25-40(43(39)53)46(4,5)6)29-49-51-35-20-18-34(19-21-35)37-23-22-36(28-38(37)33-16-14-13-15-17-33)52-50-30-32-26-41(47(7,8)9)44(54)42(27-32)48(10,11)12/h13-30H,1-12H3. The second-order valence-corrected chi connectivity index (χ2v) is 18.2. The third-order valence-electron chi connectivity index (χ3n) is 9.48. The van der Waals surface area contributed by atoms with Crippen LogP contribution in [0, 0.1) is 21.7 Å². The Kier molecular flexibility index (Phi) is 11.2. The fourth-order valence-corrected chi connectivity index (χ4v) is 6.41. The number of allylic oxidation sites excluding steroid dienone is 10. The molecule has 278 valence electrons. The molecule has 0 aliphatic heterocycles. The Morgan fingerprint density at radius 2 is 0.796 bits per heavy atom. The van der Waals surface area contributed by atoms with Gasteiger partial charge in [0.05, 0.1) is 23.8 Å². The molecule has 0 N–H and O–H groups in total. The molecule has 2 aliphatic carbocycles. The minimum atomic E-state index is -0.295. The minimum absolute atomic E-state index is 0.0954. The van der Waals surface area contributed by atoms with Crippen LogP contribution in [0.4, 0.5) is 11.4 Å². The molecule has 3 aromatic carbocycles. The Hall–Kier alpha value is -5.36. The van der Waals surface area contributed by atoms with Crippen molar-refractivity contribution in [2.24, 2.45) is 42.1 Å². The Morgan fingerprint density at radius 3 is 1.20 bits per heavy atom. The van der Waals surface area contributed by atoms with Gasteiger partial charge >= 0.3 is 0 Å². The highest BCUT2D eigenvalue weighted by Crippen LogP contribution is 2.41. The van der Waals surface area contributed by atoms with Crippen molar-refractivity contribution in [1.29, 1.82) is 0 Å². The van der Waals surface area contributed by atoms with E-state index in [1.807, 2.05) is 72.8 Å². The maximum Gasteiger partial charge on any atom is 0.186 e. The van der Waals surface area contributed by atoms with Gasteiger partial charge in [0.25, 0.3) is 0 Å². The van der Waals surface area contributed by atoms with Crippen molar-refractivity contribution in [3.05, 3.63) is 143 Å². The van der Waals surface area contributed by atoms with Crippen LogP contribution in [0.1, 0.15) is 83.1 Å². The van der Waals surface area contributed by atoms with E-state index in [0.717, 1.165) is 67.1 Å². The fourth-order valence-electron chi connectivity index (χ4n) is 6.41. The lowest BCUT2D eigenvalue weighted by atomic mass is 9.72. The van der Waals surface area contributed by atoms with Crippen LogP contribution >= 0.6 is 0 Å². The van der Waals surface area contributed by atoms with Crippen LogP contribution in [0.3, 0.4) is 0 Å². The predicted octanol–water partition coefficient (Wildman–Crippen LogP) is 14.0. The summed E-state index contributed by atoms with van der Waals surface area (Å²) in [5, 5.41) is 18.0. The molecule has 0 unspecified atom stereocenters. The highest BCUT2D eigenvalue weighted by molar-refractivity contribution is 6.12. The molecule has 0 saturated carbocycles. The average Bonchev–Trinajstić information content (AvgIpc) is 3.08. The van der Waals surface area contributed by atoms with Gasteiger partial charge in [0.15, 0.2) is 11.6 Å². The van der Waals surface area contributed by atoms with Crippen LogP contribution in [-0.4, -0.2) is 11.6 Å². The summed E-state index contributed by atoms with van der Waals surface area (Å²) < 4.78 is 0. The second kappa shape index (κ2) is 15.2. The molecule has 0 saturated heterocycles. The van der Waals surface area contributed by atoms with Gasteiger partial charge in [-0.3, -0.25) is 9.59 Å². The molecule has 54 heavy (non-hydrogen) atoms. The minimum Gasteiger partial charge on any atom is -0.289 e. The van der Waals surface area contributed by atoms with Gasteiger partial charge in [0.2, 0.25) is 0 Å². The largest absolute Gasteiger partial charge is 0.289 e. The van der Waals surface area contributed by atoms with E-state index in [4.69, 9.17) is 0 Å². The Morgan fingerprint density at radius 1 is 0.426 bits per heavy atom. The smallest absolute Gasteiger partial charge is 0.186 e. The lowest BCUT2D eigenvalue weighted by Gasteiger charge is -2.31. The van der Waals surface area contributed by atoms with Gasteiger partial charge in [-0.15, -0.1) is 0 Å². The monoisotopic (exact) mass is 718 g/mol. The topological polar surface area (TPSA) is 83.6 Å². The fraction of sp³-hybridized carbons (Fsp3) is 0.333. The first-order valence-electron chi connectivity index (χ1n) is 18.6. The molecule has 0 heterocycles. The Bertz CT molecular complexity index is 2120. The summed E-state index contributed by atoms with van der Waals surface area (Å²) in [6, 6.07) is 24.3. The van der Waals surface area contributed by atoms with Gasteiger partial charge in [0, 0.05) is 22.3 Å². The average molecular weight is 719 g/mol. The molecule has 0 spiro atoms. The number of carbonyl (C=O) groups excluding carboxylic acids is 2. The van der Waals surface area contributed by atoms with Crippen LogP contribution in [0.25, 0.3) is 22.3 Å². The maximum absolute atomic E-state index is 13.3. The second-order valence-electron chi connectivity index (χ2n) is 18.2. The number of benzene rings is 3. The van der Waals surface area contributed by atoms with E-state index in [-0.39, 0.29) is 33.2 Å². The van der Waals surface area contributed by atoms with Crippen LogP contribution in [-0.2, 0) is 9.59 Å². The summed E-state index contributed by atoms with van der Waals surface area (Å²) in [4.78, 5) is 26.6. The van der Waals surface area contributed by atoms with Crippen LogP contribution in [0.5, 0.6) is 0 Å².